The van der Waals surface area contributed by atoms with Crippen LogP contribution in [0.4, 0.5) is 5.69 Å². The minimum atomic E-state index is -3.66. The normalized spacial score (nSPS) is 13.3. The summed E-state index contributed by atoms with van der Waals surface area (Å²) < 4.78 is 27.8. The van der Waals surface area contributed by atoms with E-state index >= 15 is 0 Å². The van der Waals surface area contributed by atoms with Crippen molar-refractivity contribution in [3.63, 3.8) is 0 Å². The molecule has 0 radical (unpaired) electrons. The Morgan fingerprint density at radius 2 is 1.83 bits per heavy atom. The molecule has 0 aliphatic carbocycles. The van der Waals surface area contributed by atoms with Crippen molar-refractivity contribution in [3.05, 3.63) is 59.2 Å². The Morgan fingerprint density at radius 3 is 2.52 bits per heavy atom. The molecule has 7 nitrogen and oxygen atoms in total. The van der Waals surface area contributed by atoms with Gasteiger partial charge in [-0.1, -0.05) is 29.8 Å². The van der Waals surface area contributed by atoms with Crippen LogP contribution in [0.3, 0.4) is 0 Å². The molecule has 2 aromatic carbocycles. The Morgan fingerprint density at radius 1 is 1.10 bits per heavy atom. The van der Waals surface area contributed by atoms with Crippen LogP contribution in [-0.2, 0) is 32.5 Å². The smallest absolute Gasteiger partial charge is 0.240 e. The van der Waals surface area contributed by atoms with Crippen molar-refractivity contribution in [2.45, 2.75) is 37.5 Å². The maximum Gasteiger partial charge on any atom is 0.240 e. The van der Waals surface area contributed by atoms with Crippen LogP contribution in [0.25, 0.3) is 0 Å². The number of carbonyl (C=O) groups excluding carboxylic acids is 2. The van der Waals surface area contributed by atoms with Gasteiger partial charge in [-0.3, -0.25) is 4.79 Å². The first kappa shape index (κ1) is 21.0. The van der Waals surface area contributed by atoms with Gasteiger partial charge in [-0.05, 0) is 55.5 Å². The molecule has 29 heavy (non-hydrogen) atoms. The predicted octanol–water partition coefficient (Wildman–Crippen LogP) is 0.935. The number of nitrogens with one attached hydrogen (secondary N) is 1. The predicted molar refractivity (Wildman–Crippen MR) is 107 cm³/mol. The standard InChI is InChI=1S/C21H24N2O5S/c1-15-2-4-16(5-3-15)10-12-22-29(27,28)18-6-7-19-17(14-18)11-13-23(19)20(24)8-9-21(25)26/h2-7,14,22H,8-13H2,1H3,(H,25,26)/p-1. The lowest BCUT2D eigenvalue weighted by Gasteiger charge is -2.18. The average molecular weight is 415 g/mol. The highest BCUT2D eigenvalue weighted by atomic mass is 32.2. The fourth-order valence-electron chi connectivity index (χ4n) is 3.32. The molecule has 3 rings (SSSR count). The molecule has 1 aliphatic heterocycles. The maximum atomic E-state index is 12.6. The third-order valence-corrected chi connectivity index (χ3v) is 6.39. The summed E-state index contributed by atoms with van der Waals surface area (Å²) in [5.74, 6) is -1.57. The van der Waals surface area contributed by atoms with E-state index in [9.17, 15) is 23.1 Å². The van der Waals surface area contributed by atoms with Crippen LogP contribution in [0.1, 0.15) is 29.5 Å². The third-order valence-electron chi connectivity index (χ3n) is 4.93. The number of sulfonamides is 1. The highest BCUT2D eigenvalue weighted by Gasteiger charge is 2.26. The van der Waals surface area contributed by atoms with Gasteiger partial charge >= 0.3 is 0 Å². The second-order valence-electron chi connectivity index (χ2n) is 7.09. The molecule has 0 aromatic heterocycles. The SMILES string of the molecule is Cc1ccc(CCNS(=O)(=O)c2ccc3c(c2)CCN3C(=O)CCC(=O)[O-])cc1. The minimum Gasteiger partial charge on any atom is -0.550 e. The van der Waals surface area contributed by atoms with E-state index < -0.39 is 16.0 Å². The van der Waals surface area contributed by atoms with Crippen molar-refractivity contribution in [1.82, 2.24) is 4.72 Å². The van der Waals surface area contributed by atoms with E-state index in [1.165, 1.54) is 11.0 Å². The first-order chi connectivity index (χ1) is 13.8. The van der Waals surface area contributed by atoms with Gasteiger partial charge in [0.1, 0.15) is 0 Å². The van der Waals surface area contributed by atoms with Crippen LogP contribution in [0, 0.1) is 6.92 Å². The molecule has 0 atom stereocenters. The zero-order chi connectivity index (χ0) is 21.0. The highest BCUT2D eigenvalue weighted by Crippen LogP contribution is 2.30. The number of anilines is 1. The van der Waals surface area contributed by atoms with Gasteiger partial charge in [-0.25, -0.2) is 13.1 Å². The Kier molecular flexibility index (Phi) is 6.34. The topological polar surface area (TPSA) is 107 Å². The Labute approximate surface area is 170 Å². The second kappa shape index (κ2) is 8.75. The van der Waals surface area contributed by atoms with Gasteiger partial charge in [0.25, 0.3) is 0 Å². The summed E-state index contributed by atoms with van der Waals surface area (Å²) in [7, 11) is -3.66. The van der Waals surface area contributed by atoms with E-state index in [0.717, 1.165) is 16.7 Å². The monoisotopic (exact) mass is 415 g/mol. The maximum absolute atomic E-state index is 12.6. The van der Waals surface area contributed by atoms with Crippen LogP contribution in [0.15, 0.2) is 47.4 Å². The van der Waals surface area contributed by atoms with E-state index in [-0.39, 0.29) is 30.2 Å². The van der Waals surface area contributed by atoms with E-state index in [2.05, 4.69) is 4.72 Å². The van der Waals surface area contributed by atoms with Crippen LogP contribution in [0.5, 0.6) is 0 Å². The lowest BCUT2D eigenvalue weighted by Crippen LogP contribution is -2.31. The molecule has 0 spiro atoms. The molecule has 1 N–H and O–H groups in total. The summed E-state index contributed by atoms with van der Waals surface area (Å²) >= 11 is 0. The first-order valence-electron chi connectivity index (χ1n) is 9.44. The molecule has 0 saturated carbocycles. The summed E-state index contributed by atoms with van der Waals surface area (Å²) in [5.41, 5.74) is 3.60. The summed E-state index contributed by atoms with van der Waals surface area (Å²) in [6.07, 6.45) is 0.648. The van der Waals surface area contributed by atoms with Gasteiger partial charge < -0.3 is 14.8 Å². The number of carbonyl (C=O) groups is 2. The number of fused-ring (bicyclic) bond motifs is 1. The number of amides is 1. The van der Waals surface area contributed by atoms with Gasteiger partial charge in [0.2, 0.25) is 15.9 Å². The summed E-state index contributed by atoms with van der Waals surface area (Å²) in [5, 5.41) is 10.6. The van der Waals surface area contributed by atoms with Crippen molar-refractivity contribution < 1.29 is 23.1 Å². The number of aliphatic carboxylic acids is 1. The van der Waals surface area contributed by atoms with Crippen LogP contribution in [0.2, 0.25) is 0 Å². The zero-order valence-electron chi connectivity index (χ0n) is 16.2. The Balaban J connectivity index is 1.64. The van der Waals surface area contributed by atoms with Gasteiger partial charge in [0.05, 0.1) is 4.90 Å². The number of benzene rings is 2. The number of hydrogen-bond acceptors (Lipinski definition) is 5. The first-order valence-corrected chi connectivity index (χ1v) is 10.9. The number of nitrogens with zero attached hydrogens (tertiary/aromatic N) is 1. The van der Waals surface area contributed by atoms with E-state index in [1.54, 1.807) is 12.1 Å². The average Bonchev–Trinajstić information content (AvgIpc) is 3.11. The summed E-state index contributed by atoms with van der Waals surface area (Å²) in [6, 6.07) is 12.6. The molecule has 8 heteroatoms. The number of hydrogen-bond donors (Lipinski definition) is 1. The molecule has 0 saturated heterocycles. The largest absolute Gasteiger partial charge is 0.550 e. The molecule has 1 aliphatic rings. The van der Waals surface area contributed by atoms with Crippen molar-refractivity contribution >= 4 is 27.6 Å². The van der Waals surface area contributed by atoms with Crippen LogP contribution in [-0.4, -0.2) is 33.4 Å². The quantitative estimate of drug-likeness (QED) is 0.690. The fourth-order valence-corrected chi connectivity index (χ4v) is 4.40. The van der Waals surface area contributed by atoms with Crippen molar-refractivity contribution in [2.75, 3.05) is 18.0 Å². The van der Waals surface area contributed by atoms with Crippen molar-refractivity contribution in [3.8, 4) is 0 Å². The van der Waals surface area contributed by atoms with Crippen LogP contribution < -0.4 is 14.7 Å². The van der Waals surface area contributed by atoms with E-state index in [4.69, 9.17) is 0 Å². The minimum absolute atomic E-state index is 0.137. The van der Waals surface area contributed by atoms with Gasteiger partial charge in [-0.15, -0.1) is 0 Å². The number of rotatable bonds is 8. The molecular weight excluding hydrogens is 392 g/mol. The van der Waals surface area contributed by atoms with E-state index in [1.807, 2.05) is 31.2 Å². The summed E-state index contributed by atoms with van der Waals surface area (Å²) in [4.78, 5) is 24.4. The van der Waals surface area contributed by atoms with E-state index in [0.29, 0.717) is 25.1 Å². The number of aryl methyl sites for hydroxylation is 1. The molecule has 0 unspecified atom stereocenters. The van der Waals surface area contributed by atoms with Gasteiger partial charge in [-0.2, -0.15) is 0 Å². The second-order valence-corrected chi connectivity index (χ2v) is 8.86. The molecule has 1 heterocycles. The molecular formula is C21H23N2O5S-. The molecule has 0 bridgehead atoms. The molecule has 154 valence electrons. The summed E-state index contributed by atoms with van der Waals surface area (Å²) in [6.45, 7) is 2.69. The Hall–Kier alpha value is -2.71. The fraction of sp³-hybridized carbons (Fsp3) is 0.333. The van der Waals surface area contributed by atoms with Crippen LogP contribution >= 0.6 is 0 Å². The van der Waals surface area contributed by atoms with Crippen molar-refractivity contribution in [2.24, 2.45) is 0 Å². The molecule has 1 amide bonds. The highest BCUT2D eigenvalue weighted by molar-refractivity contribution is 7.89. The molecule has 2 aromatic rings. The van der Waals surface area contributed by atoms with Gasteiger partial charge in [0.15, 0.2) is 0 Å². The zero-order valence-corrected chi connectivity index (χ0v) is 17.0. The molecule has 0 fully saturated rings. The Bertz CT molecular complexity index is 1020. The third kappa shape index (κ3) is 5.21. The number of carboxylic acid groups (broad SMARTS) is 1. The lowest BCUT2D eigenvalue weighted by molar-refractivity contribution is -0.305. The van der Waals surface area contributed by atoms with Gasteiger partial charge in [0, 0.05) is 31.2 Å². The lowest BCUT2D eigenvalue weighted by atomic mass is 10.1. The number of carboxylic acids is 1. The van der Waals surface area contributed by atoms with Crippen molar-refractivity contribution in [1.29, 1.82) is 0 Å².